The lowest BCUT2D eigenvalue weighted by molar-refractivity contribution is -0.166. The summed E-state index contributed by atoms with van der Waals surface area (Å²) >= 11 is 0. The average molecular weight is 285 g/mol. The number of nitrogens with zero attached hydrogens (tertiary/aromatic N) is 1. The second kappa shape index (κ2) is 5.58. The van der Waals surface area contributed by atoms with E-state index >= 15 is 0 Å². The molecule has 19 heavy (non-hydrogen) atoms. The van der Waals surface area contributed by atoms with Gasteiger partial charge < -0.3 is 4.74 Å². The minimum atomic E-state index is -3.77. The van der Waals surface area contributed by atoms with Crippen LogP contribution in [0.15, 0.2) is 29.2 Å². The van der Waals surface area contributed by atoms with Crippen LogP contribution < -0.4 is 0 Å². The third-order valence-corrected chi connectivity index (χ3v) is 4.36. The fourth-order valence-electron chi connectivity index (χ4n) is 2.21. The monoisotopic (exact) mass is 285 g/mol. The van der Waals surface area contributed by atoms with Crippen LogP contribution in [-0.4, -0.2) is 38.8 Å². The highest BCUT2D eigenvalue weighted by Crippen LogP contribution is 2.20. The number of aryl methyl sites for hydroxylation is 1. The molecule has 106 valence electrons. The summed E-state index contributed by atoms with van der Waals surface area (Å²) in [5, 5.41) is 1.46. The maximum atomic E-state index is 12.2. The van der Waals surface area contributed by atoms with Gasteiger partial charge in [-0.15, -0.1) is 0 Å². The quantitative estimate of drug-likeness (QED) is 0.846. The molecule has 1 aliphatic rings. The van der Waals surface area contributed by atoms with Crippen LogP contribution in [0.25, 0.3) is 0 Å². The predicted octanol–water partition coefficient (Wildman–Crippen LogP) is 1.72. The van der Waals surface area contributed by atoms with Gasteiger partial charge in [0, 0.05) is 0 Å². The molecule has 1 aromatic carbocycles. The summed E-state index contributed by atoms with van der Waals surface area (Å²) in [5.41, 5.74) is 0.678. The average Bonchev–Trinajstić information content (AvgIpc) is 2.26. The van der Waals surface area contributed by atoms with E-state index in [-0.39, 0.29) is 17.1 Å². The van der Waals surface area contributed by atoms with Gasteiger partial charge in [0.2, 0.25) is 0 Å². The maximum absolute atomic E-state index is 12.2. The van der Waals surface area contributed by atoms with Crippen molar-refractivity contribution in [3.63, 3.8) is 0 Å². The zero-order valence-electron chi connectivity index (χ0n) is 11.4. The van der Waals surface area contributed by atoms with Gasteiger partial charge in [0.1, 0.15) is 0 Å². The second-order valence-electron chi connectivity index (χ2n) is 4.90. The van der Waals surface area contributed by atoms with Crippen LogP contribution in [0.1, 0.15) is 19.4 Å². The topological polar surface area (TPSA) is 55.8 Å². The Morgan fingerprint density at radius 3 is 2.37 bits per heavy atom. The first-order chi connectivity index (χ1) is 8.88. The molecule has 2 atom stereocenters. The summed E-state index contributed by atoms with van der Waals surface area (Å²) in [5.74, 6) is 0. The Labute approximate surface area is 114 Å². The van der Waals surface area contributed by atoms with Gasteiger partial charge in [-0.25, -0.2) is 0 Å². The molecule has 0 N–H and O–H groups in total. The number of hydrogen-bond acceptors (Lipinski definition) is 5. The van der Waals surface area contributed by atoms with E-state index < -0.39 is 10.1 Å². The van der Waals surface area contributed by atoms with Crippen molar-refractivity contribution in [2.45, 2.75) is 37.9 Å². The minimum absolute atomic E-state index is 0.0455. The largest absolute Gasteiger partial charge is 0.373 e. The number of morpholine rings is 1. The first-order valence-corrected chi connectivity index (χ1v) is 7.70. The van der Waals surface area contributed by atoms with E-state index in [9.17, 15) is 8.42 Å². The number of benzene rings is 1. The lowest BCUT2D eigenvalue weighted by Gasteiger charge is -2.33. The summed E-state index contributed by atoms with van der Waals surface area (Å²) < 4.78 is 35.2. The Balaban J connectivity index is 2.16. The zero-order valence-corrected chi connectivity index (χ0v) is 12.2. The summed E-state index contributed by atoms with van der Waals surface area (Å²) in [6.45, 7) is 6.42. The van der Waals surface area contributed by atoms with Crippen molar-refractivity contribution in [2.75, 3.05) is 13.1 Å². The van der Waals surface area contributed by atoms with E-state index in [1.807, 2.05) is 13.8 Å². The van der Waals surface area contributed by atoms with Crippen molar-refractivity contribution in [2.24, 2.45) is 0 Å². The Morgan fingerprint density at radius 1 is 1.21 bits per heavy atom. The van der Waals surface area contributed by atoms with E-state index in [1.54, 1.807) is 31.2 Å². The molecule has 1 aliphatic heterocycles. The molecule has 2 unspecified atom stereocenters. The van der Waals surface area contributed by atoms with Gasteiger partial charge in [0.25, 0.3) is 0 Å². The highest BCUT2D eigenvalue weighted by Gasteiger charge is 2.28. The van der Waals surface area contributed by atoms with Crippen LogP contribution in [0.4, 0.5) is 0 Å². The SMILES string of the molecule is Cc1ccccc1S(=O)(=O)ON1CC(C)OC(C)C1. The predicted molar refractivity (Wildman–Crippen MR) is 71.0 cm³/mol. The molecule has 0 spiro atoms. The standard InChI is InChI=1S/C13H19NO4S/c1-10-6-4-5-7-13(10)19(15,16)18-14-8-11(2)17-12(3)9-14/h4-7,11-12H,8-9H2,1-3H3. The molecule has 0 amide bonds. The first kappa shape index (κ1) is 14.5. The van der Waals surface area contributed by atoms with Gasteiger partial charge in [-0.05, 0) is 32.4 Å². The summed E-state index contributed by atoms with van der Waals surface area (Å²) in [6.07, 6.45) is -0.0911. The molecule has 0 radical (unpaired) electrons. The van der Waals surface area contributed by atoms with Crippen molar-refractivity contribution in [1.29, 1.82) is 0 Å². The molecule has 0 aliphatic carbocycles. The number of rotatable bonds is 3. The molecule has 6 heteroatoms. The Hall–Kier alpha value is -0.950. The molecule has 1 heterocycles. The highest BCUT2D eigenvalue weighted by atomic mass is 32.2. The normalized spacial score (nSPS) is 25.4. The maximum Gasteiger partial charge on any atom is 0.313 e. The van der Waals surface area contributed by atoms with E-state index in [1.165, 1.54) is 5.06 Å². The molecule has 2 rings (SSSR count). The molecule has 5 nitrogen and oxygen atoms in total. The Morgan fingerprint density at radius 2 is 1.79 bits per heavy atom. The summed E-state index contributed by atoms with van der Waals surface area (Å²) in [4.78, 5) is 0.210. The highest BCUT2D eigenvalue weighted by molar-refractivity contribution is 7.86. The lowest BCUT2D eigenvalue weighted by Crippen LogP contribution is -2.46. The zero-order chi connectivity index (χ0) is 14.0. The van der Waals surface area contributed by atoms with Crippen molar-refractivity contribution in [1.82, 2.24) is 5.06 Å². The van der Waals surface area contributed by atoms with Crippen LogP contribution >= 0.6 is 0 Å². The van der Waals surface area contributed by atoms with E-state index in [0.29, 0.717) is 18.7 Å². The number of ether oxygens (including phenoxy) is 1. The van der Waals surface area contributed by atoms with Crippen LogP contribution in [0.5, 0.6) is 0 Å². The van der Waals surface area contributed by atoms with Gasteiger partial charge in [0.15, 0.2) is 0 Å². The Kier molecular flexibility index (Phi) is 4.25. The third-order valence-electron chi connectivity index (χ3n) is 2.95. The van der Waals surface area contributed by atoms with E-state index in [2.05, 4.69) is 0 Å². The third kappa shape index (κ3) is 3.54. The molecule has 0 aromatic heterocycles. The van der Waals surface area contributed by atoms with Crippen molar-refractivity contribution in [3.05, 3.63) is 29.8 Å². The lowest BCUT2D eigenvalue weighted by atomic mass is 10.2. The summed E-state index contributed by atoms with van der Waals surface area (Å²) in [6, 6.07) is 6.79. The molecule has 1 fully saturated rings. The number of hydroxylamine groups is 2. The minimum Gasteiger partial charge on any atom is -0.373 e. The molecule has 1 saturated heterocycles. The van der Waals surface area contributed by atoms with E-state index in [4.69, 9.17) is 9.02 Å². The van der Waals surface area contributed by atoms with Gasteiger partial charge in [-0.3, -0.25) is 0 Å². The first-order valence-electron chi connectivity index (χ1n) is 6.29. The molecule has 1 aromatic rings. The number of hydrogen-bond donors (Lipinski definition) is 0. The fraction of sp³-hybridized carbons (Fsp3) is 0.538. The van der Waals surface area contributed by atoms with Gasteiger partial charge >= 0.3 is 10.1 Å². The van der Waals surface area contributed by atoms with E-state index in [0.717, 1.165) is 0 Å². The molecule has 0 saturated carbocycles. The van der Waals surface area contributed by atoms with Crippen LogP contribution in [0, 0.1) is 6.92 Å². The van der Waals surface area contributed by atoms with Gasteiger partial charge in [0.05, 0.1) is 30.2 Å². The Bertz CT molecular complexity index is 533. The molecular weight excluding hydrogens is 266 g/mol. The molecule has 0 bridgehead atoms. The van der Waals surface area contributed by atoms with Gasteiger partial charge in [-0.2, -0.15) is 17.8 Å². The van der Waals surface area contributed by atoms with Crippen molar-refractivity contribution < 1.29 is 17.4 Å². The van der Waals surface area contributed by atoms with Crippen LogP contribution in [0.3, 0.4) is 0 Å². The smallest absolute Gasteiger partial charge is 0.313 e. The van der Waals surface area contributed by atoms with Gasteiger partial charge in [-0.1, -0.05) is 18.2 Å². The molecular formula is C13H19NO4S. The fourth-order valence-corrected chi connectivity index (χ4v) is 3.39. The van der Waals surface area contributed by atoms with Crippen molar-refractivity contribution in [3.8, 4) is 0 Å². The van der Waals surface area contributed by atoms with Crippen LogP contribution in [-0.2, 0) is 19.1 Å². The van der Waals surface area contributed by atoms with Crippen molar-refractivity contribution >= 4 is 10.1 Å². The summed E-state index contributed by atoms with van der Waals surface area (Å²) in [7, 11) is -3.77. The second-order valence-corrected chi connectivity index (χ2v) is 6.40. The van der Waals surface area contributed by atoms with Crippen LogP contribution in [0.2, 0.25) is 0 Å².